The summed E-state index contributed by atoms with van der Waals surface area (Å²) in [5.74, 6) is 1.09. The van der Waals surface area contributed by atoms with Gasteiger partial charge < -0.3 is 84.5 Å². The van der Waals surface area contributed by atoms with Gasteiger partial charge in [-0.3, -0.25) is 52.9 Å². The van der Waals surface area contributed by atoms with E-state index in [4.69, 9.17) is 39.0 Å². The Morgan fingerprint density at radius 2 is 0.877 bits per heavy atom. The first-order valence-corrected chi connectivity index (χ1v) is 44.5. The summed E-state index contributed by atoms with van der Waals surface area (Å²) in [6.07, 6.45) is 19.2. The SMILES string of the molecule is CC(C)(C)C(=O)c1cc2cc(NC(=O)c3ccc(OCCO)cc3)cnc2[nH]1.CC(C)(C)C(=O)c1cc2cc(NC(=O)c3ccc(OCCO)cc3)ncc2[nH]1.CC(C)(C)C(=O)c1cn2cc(NC(=O)c3ccc(OCCO)cc3)ccc2n1.COCCn1cc(C(=O)CC2=CN3C=C(C(=O)C(C)(C)C)NC3C=C2)nn1.COCCn1cc(C(=O)Cc2cc3cc(C(=O)C(C)(C)C)[nH]c3cn2)nn1. The third kappa shape index (κ3) is 28.2. The predicted octanol–water partition coefficient (Wildman–Crippen LogP) is 14.1. The molecule has 37 nitrogen and oxygen atoms in total. The number of carbonyl (C=O) groups is 10. The number of Topliss-reactive ketones (excluding diaryl/α,β-unsaturated/α-hetero) is 7. The zero-order chi connectivity index (χ0) is 100. The molecule has 10 N–H and O–H groups in total. The molecule has 12 heterocycles. The average Bonchev–Trinajstić information content (AvgIpc) is 1.68. The van der Waals surface area contributed by atoms with E-state index < -0.39 is 27.1 Å². The molecular weight excluding hydrogens is 1770 g/mol. The van der Waals surface area contributed by atoms with Crippen LogP contribution in [0, 0.1) is 27.1 Å². The molecule has 724 valence electrons. The largest absolute Gasteiger partial charge is 0.491 e. The molecule has 138 heavy (non-hydrogen) atoms. The number of nitrogens with one attached hydrogen (secondary N) is 7. The number of carbonyl (C=O) groups excluding carboxylic acids is 10. The lowest BCUT2D eigenvalue weighted by Crippen LogP contribution is -2.36. The van der Waals surface area contributed by atoms with E-state index in [1.165, 1.54) is 0 Å². The van der Waals surface area contributed by atoms with Crippen LogP contribution in [0.25, 0.3) is 38.5 Å². The Morgan fingerprint density at radius 3 is 1.36 bits per heavy atom. The van der Waals surface area contributed by atoms with E-state index in [1.807, 2.05) is 133 Å². The molecule has 0 fully saturated rings. The highest BCUT2D eigenvalue weighted by Gasteiger charge is 2.34. The zero-order valence-electron chi connectivity index (χ0n) is 80.3. The third-order valence-electron chi connectivity index (χ3n) is 20.9. The number of H-pyrrole nitrogens is 3. The van der Waals surface area contributed by atoms with Crippen molar-refractivity contribution < 1.29 is 86.9 Å². The number of aliphatic hydroxyl groups excluding tert-OH is 3. The lowest BCUT2D eigenvalue weighted by atomic mass is 9.89. The van der Waals surface area contributed by atoms with Crippen LogP contribution >= 0.6 is 0 Å². The van der Waals surface area contributed by atoms with Crippen molar-refractivity contribution in [1.29, 1.82) is 0 Å². The lowest BCUT2D eigenvalue weighted by molar-refractivity contribution is -0.122. The number of nitrogens with zero attached hydrogens (tertiary/aromatic N) is 12. The van der Waals surface area contributed by atoms with Crippen molar-refractivity contribution in [3.63, 3.8) is 0 Å². The fourth-order valence-corrected chi connectivity index (χ4v) is 13.5. The predicted molar refractivity (Wildman–Crippen MR) is 519 cm³/mol. The minimum Gasteiger partial charge on any atom is -0.491 e. The van der Waals surface area contributed by atoms with Crippen LogP contribution in [-0.4, -0.2) is 221 Å². The van der Waals surface area contributed by atoms with Crippen LogP contribution in [0.3, 0.4) is 0 Å². The Balaban J connectivity index is 0.000000165. The molecule has 1 unspecified atom stereocenters. The van der Waals surface area contributed by atoms with E-state index in [2.05, 4.69) is 76.8 Å². The van der Waals surface area contributed by atoms with Crippen molar-refractivity contribution in [3.8, 4) is 17.2 Å². The molecule has 0 radical (unpaired) electrons. The molecule has 3 amide bonds. The van der Waals surface area contributed by atoms with Gasteiger partial charge in [-0.05, 0) is 133 Å². The number of allylic oxidation sites excluding steroid dienone is 3. The average molecular weight is 1890 g/mol. The first-order chi connectivity index (χ1) is 65.4. The van der Waals surface area contributed by atoms with Gasteiger partial charge in [-0.15, -0.1) is 10.2 Å². The Morgan fingerprint density at radius 1 is 0.428 bits per heavy atom. The number of benzene rings is 3. The summed E-state index contributed by atoms with van der Waals surface area (Å²) in [5, 5.41) is 56.0. The molecule has 37 heteroatoms. The molecule has 0 spiro atoms. The maximum absolute atomic E-state index is 12.5. The van der Waals surface area contributed by atoms with Gasteiger partial charge in [0.05, 0.1) is 129 Å². The molecule has 0 aliphatic carbocycles. The second kappa shape index (κ2) is 45.4. The van der Waals surface area contributed by atoms with Gasteiger partial charge in [0.2, 0.25) is 0 Å². The van der Waals surface area contributed by atoms with Crippen molar-refractivity contribution >= 4 is 114 Å². The minimum absolute atomic E-state index is 0.000378. The molecule has 10 aromatic heterocycles. The zero-order valence-corrected chi connectivity index (χ0v) is 80.3. The summed E-state index contributed by atoms with van der Waals surface area (Å²) < 4.78 is 30.7. The number of hydrogen-bond acceptors (Lipinski definition) is 28. The Labute approximate surface area is 796 Å². The topological polar surface area (TPSA) is 494 Å². The van der Waals surface area contributed by atoms with Crippen molar-refractivity contribution in [2.24, 2.45) is 27.1 Å². The number of hydrogen-bond donors (Lipinski definition) is 10. The molecule has 3 aromatic carbocycles. The molecule has 0 bridgehead atoms. The van der Waals surface area contributed by atoms with E-state index >= 15 is 0 Å². The van der Waals surface area contributed by atoms with Crippen LogP contribution < -0.4 is 35.5 Å². The van der Waals surface area contributed by atoms with Gasteiger partial charge in [-0.2, -0.15) is 0 Å². The summed E-state index contributed by atoms with van der Waals surface area (Å²) in [4.78, 5) is 153. The Hall–Kier alpha value is -15.2. The minimum atomic E-state index is -0.512. The fraction of sp³-hybridized carbons (Fsp3) is 0.347. The van der Waals surface area contributed by atoms with Gasteiger partial charge in [-0.1, -0.05) is 120 Å². The number of methoxy groups -OCH3 is 2. The number of ether oxygens (including phenoxy) is 5. The number of aromatic nitrogens is 14. The second-order valence-electron chi connectivity index (χ2n) is 37.5. The van der Waals surface area contributed by atoms with Crippen molar-refractivity contribution in [1.82, 2.24) is 79.5 Å². The second-order valence-corrected chi connectivity index (χ2v) is 37.5. The molecule has 15 rings (SSSR count). The molecule has 0 saturated carbocycles. The van der Waals surface area contributed by atoms with Crippen LogP contribution in [0.5, 0.6) is 17.2 Å². The monoisotopic (exact) mass is 1880 g/mol. The van der Waals surface area contributed by atoms with Gasteiger partial charge in [0.25, 0.3) is 17.7 Å². The van der Waals surface area contributed by atoms with Crippen molar-refractivity contribution in [2.75, 3.05) is 83.0 Å². The Kier molecular flexibility index (Phi) is 34.0. The third-order valence-corrected chi connectivity index (χ3v) is 20.9. The molecule has 2 aliphatic rings. The van der Waals surface area contributed by atoms with Crippen molar-refractivity contribution in [3.05, 3.63) is 257 Å². The van der Waals surface area contributed by atoms with Gasteiger partial charge in [0.1, 0.15) is 77.4 Å². The van der Waals surface area contributed by atoms with E-state index in [0.717, 1.165) is 32.8 Å². The quantitative estimate of drug-likeness (QED) is 0.0175. The normalized spacial score (nSPS) is 12.9. The molecular formula is C101H117N19O18. The summed E-state index contributed by atoms with van der Waals surface area (Å²) >= 11 is 0. The fourth-order valence-electron chi connectivity index (χ4n) is 13.5. The van der Waals surface area contributed by atoms with Crippen LogP contribution in [0.2, 0.25) is 0 Å². The Bertz CT molecular complexity index is 6260. The summed E-state index contributed by atoms with van der Waals surface area (Å²) in [6, 6.07) is 34.0. The van der Waals surface area contributed by atoms with Crippen molar-refractivity contribution in [2.45, 2.75) is 136 Å². The molecule has 2 aliphatic heterocycles. The summed E-state index contributed by atoms with van der Waals surface area (Å²) in [5.41, 5.74) is 7.48. The number of aliphatic hydroxyl groups is 3. The van der Waals surface area contributed by atoms with E-state index in [-0.39, 0.29) is 117 Å². The van der Waals surface area contributed by atoms with E-state index in [1.54, 1.807) is 193 Å². The lowest BCUT2D eigenvalue weighted by Gasteiger charge is -2.24. The highest BCUT2D eigenvalue weighted by molar-refractivity contribution is 6.09. The number of aromatic amines is 3. The van der Waals surface area contributed by atoms with Gasteiger partial charge in [0.15, 0.2) is 40.5 Å². The summed E-state index contributed by atoms with van der Waals surface area (Å²) in [6.45, 7) is 30.5. The number of amides is 3. The number of imidazole rings is 1. The highest BCUT2D eigenvalue weighted by atomic mass is 16.5. The van der Waals surface area contributed by atoms with Crippen LogP contribution in [-0.2, 0) is 33.8 Å². The smallest absolute Gasteiger partial charge is 0.256 e. The number of rotatable bonds is 32. The van der Waals surface area contributed by atoms with E-state index in [0.29, 0.717) is 134 Å². The van der Waals surface area contributed by atoms with Crippen LogP contribution in [0.15, 0.2) is 201 Å². The maximum Gasteiger partial charge on any atom is 0.256 e. The molecule has 1 atom stereocenters. The highest BCUT2D eigenvalue weighted by Crippen LogP contribution is 2.32. The maximum atomic E-state index is 12.5. The molecule has 0 saturated heterocycles. The molecule has 13 aromatic rings. The van der Waals surface area contributed by atoms with Crippen LogP contribution in [0.1, 0.15) is 210 Å². The van der Waals surface area contributed by atoms with Gasteiger partial charge >= 0.3 is 0 Å². The van der Waals surface area contributed by atoms with E-state index in [9.17, 15) is 47.9 Å². The van der Waals surface area contributed by atoms with Crippen LogP contribution in [0.4, 0.5) is 17.2 Å². The standard InChI is InChI=1S/3C21H23N3O4.C19H23N5O3.C19H25N5O3/c1-21(2,3)19(26)17-13-24-12-15(6-9-18(24)23-17)22-20(27)14-4-7-16(8-5-14)28-11-10-25;1-21(2,3)18(26)17-11-14-10-15(12-22-19(14)24-17)23-20(27)13-4-6-16(7-5-13)28-9-8-25;1-21(2,3)19(26)16-10-14-11-18(22-12-17(14)23-16)24-20(27)13-4-6-15(7-5-13)28-9-8-25;1-19(2,3)18(26)14-8-12-7-13(20-10-15(12)21-14)9-17(25)16-11-24(23-22-16)5-6-27-4;1-19(2,3)18(26)15-11-23-10-13(5-6-17(23)20-15)9-16(25)14-12-24(22-21-14)7-8-27-4/h4-9,12-13,25H,10-11H2,1-3H3,(H,22,27);4-7,10-12,25H,8-9H2,1-3H3,(H,22,24)(H,23,27);4-7,10-12,23,25H,8-9H2,1-3H3,(H,22,24,27);7-8,10-11,21H,5-6,9H2,1-4H3;5-6,10-12,17,20H,7-9H2,1-4H3. The number of fused-ring (bicyclic) bond motifs is 5. The number of pyridine rings is 4. The first-order valence-electron chi connectivity index (χ1n) is 44.5. The summed E-state index contributed by atoms with van der Waals surface area (Å²) in [7, 11) is 3.21. The number of ketones is 7. The number of anilines is 3. The first kappa shape index (κ1) is 103. The van der Waals surface area contributed by atoms with Gasteiger partial charge in [0, 0.05) is 111 Å². The van der Waals surface area contributed by atoms with Gasteiger partial charge in [-0.25, -0.2) is 24.3 Å².